The van der Waals surface area contributed by atoms with Crippen molar-refractivity contribution in [3.63, 3.8) is 0 Å². The number of rotatable bonds is 5. The van der Waals surface area contributed by atoms with Crippen LogP contribution in [0.15, 0.2) is 30.5 Å². The molecule has 1 aromatic carbocycles. The third-order valence-corrected chi connectivity index (χ3v) is 5.57. The summed E-state index contributed by atoms with van der Waals surface area (Å²) in [5.41, 5.74) is 12.7. The highest BCUT2D eigenvalue weighted by molar-refractivity contribution is 7.11. The Bertz CT molecular complexity index is 973. The highest BCUT2D eigenvalue weighted by atomic mass is 32.1. The van der Waals surface area contributed by atoms with E-state index in [-0.39, 0.29) is 17.8 Å². The molecule has 2 atom stereocenters. The molecule has 6 N–H and O–H groups in total. The number of hydrogen-bond donors (Lipinski definition) is 4. The molecule has 3 aromatic rings. The molecule has 0 unspecified atom stereocenters. The zero-order valence-electron chi connectivity index (χ0n) is 14.7. The predicted molar refractivity (Wildman–Crippen MR) is 107 cm³/mol. The number of hydrogen-bond acceptors (Lipinski definition) is 8. The molecule has 1 amide bonds. The molecule has 27 heavy (non-hydrogen) atoms. The lowest BCUT2D eigenvalue weighted by atomic mass is 9.91. The third-order valence-electron chi connectivity index (χ3n) is 4.77. The molecule has 0 spiro atoms. The Morgan fingerprint density at radius 1 is 1.22 bits per heavy atom. The van der Waals surface area contributed by atoms with Gasteiger partial charge >= 0.3 is 0 Å². The van der Waals surface area contributed by atoms with Crippen LogP contribution in [0.2, 0.25) is 0 Å². The molecule has 0 radical (unpaired) electrons. The number of fused-ring (bicyclic) bond motifs is 1. The number of nitrogens with zero attached hydrogens (tertiary/aromatic N) is 3. The summed E-state index contributed by atoms with van der Waals surface area (Å²) in [6.45, 7) is 0. The van der Waals surface area contributed by atoms with Gasteiger partial charge in [-0.3, -0.25) is 4.79 Å². The molecule has 8 nitrogen and oxygen atoms in total. The largest absolute Gasteiger partial charge is 0.364 e. The molecule has 2 aromatic heterocycles. The van der Waals surface area contributed by atoms with Crippen LogP contribution in [-0.4, -0.2) is 32.3 Å². The van der Waals surface area contributed by atoms with Crippen molar-refractivity contribution in [1.82, 2.24) is 14.3 Å². The lowest BCUT2D eigenvalue weighted by molar-refractivity contribution is 0.0996. The molecule has 9 heteroatoms. The van der Waals surface area contributed by atoms with Gasteiger partial charge in [-0.2, -0.15) is 4.37 Å². The molecule has 1 saturated carbocycles. The summed E-state index contributed by atoms with van der Waals surface area (Å²) in [5.74, 6) is 0.240. The standard InChI is InChI=1S/C18H21N7OS/c19-11-6-2-4-8-13(11)22-14-9-21-15(16(20)26)17(23-14)24-18-10-5-1-3-7-12(10)25-27-18/h1,3,5,7,9,11,13H,2,4,6,8,19H2,(H2,20,26)(H2,22,23,24)/t11-,13+/m0/s1. The maximum absolute atomic E-state index is 11.8. The second-order valence-corrected chi connectivity index (χ2v) is 7.44. The van der Waals surface area contributed by atoms with Crippen LogP contribution in [0.4, 0.5) is 16.6 Å². The first-order valence-corrected chi connectivity index (χ1v) is 9.69. The Balaban J connectivity index is 1.64. The first-order chi connectivity index (χ1) is 13.1. The number of benzene rings is 1. The molecule has 140 valence electrons. The molecule has 0 bridgehead atoms. The van der Waals surface area contributed by atoms with Crippen LogP contribution in [0.25, 0.3) is 10.9 Å². The van der Waals surface area contributed by atoms with Crippen molar-refractivity contribution in [2.24, 2.45) is 11.5 Å². The summed E-state index contributed by atoms with van der Waals surface area (Å²) in [4.78, 5) is 20.5. The van der Waals surface area contributed by atoms with Gasteiger partial charge in [0.15, 0.2) is 11.5 Å². The average Bonchev–Trinajstić information content (AvgIpc) is 3.07. The molecule has 1 aliphatic carbocycles. The van der Waals surface area contributed by atoms with E-state index >= 15 is 0 Å². The maximum Gasteiger partial charge on any atom is 0.271 e. The summed E-state index contributed by atoms with van der Waals surface area (Å²) in [6.07, 6.45) is 5.79. The zero-order chi connectivity index (χ0) is 18.8. The van der Waals surface area contributed by atoms with Gasteiger partial charge in [0.1, 0.15) is 10.8 Å². The van der Waals surface area contributed by atoms with Crippen molar-refractivity contribution < 1.29 is 4.79 Å². The minimum atomic E-state index is -0.639. The van der Waals surface area contributed by atoms with E-state index < -0.39 is 5.91 Å². The van der Waals surface area contributed by atoms with Gasteiger partial charge in [-0.05, 0) is 36.5 Å². The van der Waals surface area contributed by atoms with Crippen LogP contribution in [0.1, 0.15) is 36.2 Å². The van der Waals surface area contributed by atoms with Crippen molar-refractivity contribution in [2.45, 2.75) is 37.8 Å². The van der Waals surface area contributed by atoms with Crippen LogP contribution in [-0.2, 0) is 0 Å². The van der Waals surface area contributed by atoms with Crippen LogP contribution in [0, 0.1) is 0 Å². The maximum atomic E-state index is 11.8. The van der Waals surface area contributed by atoms with Crippen LogP contribution >= 0.6 is 11.5 Å². The lowest BCUT2D eigenvalue weighted by Crippen LogP contribution is -2.42. The second-order valence-electron chi connectivity index (χ2n) is 6.67. The van der Waals surface area contributed by atoms with Crippen LogP contribution in [0.3, 0.4) is 0 Å². The minimum Gasteiger partial charge on any atom is -0.364 e. The molecule has 4 rings (SSSR count). The number of aromatic nitrogens is 3. The fourth-order valence-corrected chi connectivity index (χ4v) is 4.10. The van der Waals surface area contributed by atoms with Gasteiger partial charge in [-0.25, -0.2) is 9.97 Å². The summed E-state index contributed by atoms with van der Waals surface area (Å²) >= 11 is 1.30. The molecular formula is C18H21N7OS. The quantitative estimate of drug-likeness (QED) is 0.532. The Morgan fingerprint density at radius 3 is 2.85 bits per heavy atom. The summed E-state index contributed by atoms with van der Waals surface area (Å²) in [7, 11) is 0. The topological polar surface area (TPSA) is 132 Å². The third kappa shape index (κ3) is 3.69. The summed E-state index contributed by atoms with van der Waals surface area (Å²) < 4.78 is 4.40. The summed E-state index contributed by atoms with van der Waals surface area (Å²) in [5, 5.41) is 8.26. The SMILES string of the molecule is NC(=O)c1ncc(N[C@@H]2CCCC[C@@H]2N)nc1Nc1snc2ccccc12. The number of carbonyl (C=O) groups is 1. The van der Waals surface area contributed by atoms with Crippen molar-refractivity contribution in [2.75, 3.05) is 10.6 Å². The van der Waals surface area contributed by atoms with Gasteiger partial charge in [0.2, 0.25) is 0 Å². The molecule has 2 heterocycles. The Hall–Kier alpha value is -2.78. The van der Waals surface area contributed by atoms with E-state index in [0.29, 0.717) is 11.6 Å². The number of nitrogens with two attached hydrogens (primary N) is 2. The van der Waals surface area contributed by atoms with Crippen molar-refractivity contribution in [3.05, 3.63) is 36.2 Å². The van der Waals surface area contributed by atoms with Crippen molar-refractivity contribution in [1.29, 1.82) is 0 Å². The molecule has 1 aliphatic rings. The van der Waals surface area contributed by atoms with Gasteiger partial charge in [0, 0.05) is 17.5 Å². The second kappa shape index (κ2) is 7.45. The van der Waals surface area contributed by atoms with Crippen molar-refractivity contribution in [3.8, 4) is 0 Å². The predicted octanol–water partition coefficient (Wildman–Crippen LogP) is 2.61. The van der Waals surface area contributed by atoms with E-state index in [9.17, 15) is 4.79 Å². The van der Waals surface area contributed by atoms with Crippen LogP contribution < -0.4 is 22.1 Å². The monoisotopic (exact) mass is 383 g/mol. The number of amides is 1. The highest BCUT2D eigenvalue weighted by Crippen LogP contribution is 2.31. The first-order valence-electron chi connectivity index (χ1n) is 8.92. The zero-order valence-corrected chi connectivity index (χ0v) is 15.5. The Kier molecular flexibility index (Phi) is 4.87. The summed E-state index contributed by atoms with van der Waals surface area (Å²) in [6, 6.07) is 7.98. The fraction of sp³-hybridized carbons (Fsp3) is 0.333. The van der Waals surface area contributed by atoms with E-state index in [1.165, 1.54) is 17.7 Å². The molecule has 1 fully saturated rings. The van der Waals surface area contributed by atoms with Gasteiger partial charge in [-0.15, -0.1) is 0 Å². The number of anilines is 3. The Labute approximate surface area is 160 Å². The molecule has 0 aliphatic heterocycles. The number of primary amides is 1. The van der Waals surface area contributed by atoms with E-state index in [1.807, 2.05) is 24.3 Å². The first kappa shape index (κ1) is 17.6. The minimum absolute atomic E-state index is 0.0817. The van der Waals surface area contributed by atoms with Gasteiger partial charge in [-0.1, -0.05) is 25.0 Å². The van der Waals surface area contributed by atoms with Crippen LogP contribution in [0.5, 0.6) is 0 Å². The smallest absolute Gasteiger partial charge is 0.271 e. The van der Waals surface area contributed by atoms with E-state index in [0.717, 1.165) is 41.6 Å². The number of carbonyl (C=O) groups excluding carboxylic acids is 1. The Morgan fingerprint density at radius 2 is 2.04 bits per heavy atom. The highest BCUT2D eigenvalue weighted by Gasteiger charge is 2.23. The van der Waals surface area contributed by atoms with Gasteiger partial charge in [0.25, 0.3) is 5.91 Å². The van der Waals surface area contributed by atoms with E-state index in [2.05, 4.69) is 25.0 Å². The molecule has 0 saturated heterocycles. The van der Waals surface area contributed by atoms with E-state index in [4.69, 9.17) is 11.5 Å². The van der Waals surface area contributed by atoms with E-state index in [1.54, 1.807) is 0 Å². The van der Waals surface area contributed by atoms with Gasteiger partial charge < -0.3 is 22.1 Å². The van der Waals surface area contributed by atoms with Crippen molar-refractivity contribution >= 4 is 45.0 Å². The number of nitrogens with one attached hydrogen (secondary N) is 2. The normalized spacial score (nSPS) is 19.7. The molecular weight excluding hydrogens is 362 g/mol. The fourth-order valence-electron chi connectivity index (χ4n) is 3.34. The van der Waals surface area contributed by atoms with Gasteiger partial charge in [0.05, 0.1) is 11.7 Å². The average molecular weight is 383 g/mol. The lowest BCUT2D eigenvalue weighted by Gasteiger charge is -2.29.